The van der Waals surface area contributed by atoms with Crippen LogP contribution in [-0.2, 0) is 7.05 Å². The van der Waals surface area contributed by atoms with E-state index >= 15 is 0 Å². The lowest BCUT2D eigenvalue weighted by Crippen LogP contribution is -2.14. The Labute approximate surface area is 140 Å². The van der Waals surface area contributed by atoms with Crippen LogP contribution in [0.25, 0.3) is 0 Å². The summed E-state index contributed by atoms with van der Waals surface area (Å²) in [5.41, 5.74) is 2.77. The molecule has 0 bridgehead atoms. The van der Waals surface area contributed by atoms with E-state index in [4.69, 9.17) is 4.74 Å². The zero-order chi connectivity index (χ0) is 17.1. The zero-order valence-corrected chi connectivity index (χ0v) is 13.8. The summed E-state index contributed by atoms with van der Waals surface area (Å²) >= 11 is 0. The van der Waals surface area contributed by atoms with Crippen molar-refractivity contribution in [3.63, 3.8) is 0 Å². The Morgan fingerprint density at radius 1 is 1.17 bits per heavy atom. The van der Waals surface area contributed by atoms with Crippen LogP contribution >= 0.6 is 0 Å². The Morgan fingerprint density at radius 2 is 2.00 bits per heavy atom. The first-order valence-electron chi connectivity index (χ1n) is 7.55. The number of pyridine rings is 1. The number of aryl methyl sites for hydroxylation is 2. The molecule has 0 fully saturated rings. The predicted octanol–water partition coefficient (Wildman–Crippen LogP) is 3.48. The van der Waals surface area contributed by atoms with Crippen LogP contribution in [0, 0.1) is 13.8 Å². The van der Waals surface area contributed by atoms with Crippen molar-refractivity contribution >= 4 is 11.6 Å². The largest absolute Gasteiger partial charge is 0.439 e. The van der Waals surface area contributed by atoms with Crippen LogP contribution in [0.2, 0.25) is 0 Å². The van der Waals surface area contributed by atoms with Crippen molar-refractivity contribution < 1.29 is 9.53 Å². The summed E-state index contributed by atoms with van der Waals surface area (Å²) in [6, 6.07) is 12.6. The van der Waals surface area contributed by atoms with Gasteiger partial charge in [0.05, 0.1) is 11.3 Å². The molecule has 2 aromatic heterocycles. The monoisotopic (exact) mass is 322 g/mol. The lowest BCUT2D eigenvalue weighted by atomic mass is 10.2. The minimum absolute atomic E-state index is 0.187. The van der Waals surface area contributed by atoms with Crippen LogP contribution in [0.3, 0.4) is 0 Å². The van der Waals surface area contributed by atoms with E-state index in [1.165, 1.54) is 0 Å². The van der Waals surface area contributed by atoms with Gasteiger partial charge in [-0.15, -0.1) is 0 Å². The van der Waals surface area contributed by atoms with Gasteiger partial charge in [-0.2, -0.15) is 5.10 Å². The van der Waals surface area contributed by atoms with Gasteiger partial charge in [-0.05, 0) is 32.0 Å². The number of hydrogen-bond acceptors (Lipinski definition) is 4. The fourth-order valence-electron chi connectivity index (χ4n) is 2.46. The number of carbonyl (C=O) groups is 1. The number of ether oxygens (including phenoxy) is 1. The quantitative estimate of drug-likeness (QED) is 0.798. The summed E-state index contributed by atoms with van der Waals surface area (Å²) in [5.74, 6) is 0.916. The molecule has 0 saturated heterocycles. The van der Waals surface area contributed by atoms with Crippen LogP contribution < -0.4 is 10.1 Å². The molecule has 0 unspecified atom stereocenters. The van der Waals surface area contributed by atoms with E-state index in [-0.39, 0.29) is 5.91 Å². The third-order valence-corrected chi connectivity index (χ3v) is 3.69. The van der Waals surface area contributed by atoms with E-state index < -0.39 is 0 Å². The van der Waals surface area contributed by atoms with E-state index in [0.29, 0.717) is 28.6 Å². The molecule has 1 N–H and O–H groups in total. The highest BCUT2D eigenvalue weighted by Crippen LogP contribution is 2.23. The van der Waals surface area contributed by atoms with Gasteiger partial charge in [0.25, 0.3) is 5.91 Å². The second-order valence-electron chi connectivity index (χ2n) is 5.42. The molecule has 6 heteroatoms. The van der Waals surface area contributed by atoms with Crippen LogP contribution in [-0.4, -0.2) is 20.7 Å². The molecular formula is C18H18N4O2. The van der Waals surface area contributed by atoms with Gasteiger partial charge in [0.1, 0.15) is 5.75 Å². The van der Waals surface area contributed by atoms with E-state index in [2.05, 4.69) is 15.4 Å². The van der Waals surface area contributed by atoms with E-state index in [9.17, 15) is 4.79 Å². The normalized spacial score (nSPS) is 10.5. The van der Waals surface area contributed by atoms with Crippen LogP contribution in [0.1, 0.15) is 21.7 Å². The number of benzene rings is 1. The van der Waals surface area contributed by atoms with Gasteiger partial charge in [-0.1, -0.05) is 12.1 Å². The smallest absolute Gasteiger partial charge is 0.259 e. The van der Waals surface area contributed by atoms with Gasteiger partial charge in [0.2, 0.25) is 5.88 Å². The van der Waals surface area contributed by atoms with Crippen molar-refractivity contribution in [1.82, 2.24) is 14.8 Å². The molecule has 122 valence electrons. The van der Waals surface area contributed by atoms with Crippen LogP contribution in [0.15, 0.2) is 48.7 Å². The number of anilines is 1. The van der Waals surface area contributed by atoms with Gasteiger partial charge in [0, 0.05) is 36.8 Å². The first-order valence-corrected chi connectivity index (χ1v) is 7.55. The number of carbonyl (C=O) groups excluding carboxylic acids is 1. The molecule has 3 rings (SSSR count). The lowest BCUT2D eigenvalue weighted by molar-refractivity contribution is 0.102. The molecule has 3 aromatic rings. The SMILES string of the molecule is Cc1nn(C)c(C)c1C(=O)Nc1cccc(Oc2ccccn2)c1. The van der Waals surface area contributed by atoms with Gasteiger partial charge >= 0.3 is 0 Å². The van der Waals surface area contributed by atoms with Crippen molar-refractivity contribution in [3.8, 4) is 11.6 Å². The number of amides is 1. The van der Waals surface area contributed by atoms with E-state index in [1.807, 2.05) is 51.2 Å². The van der Waals surface area contributed by atoms with Crippen molar-refractivity contribution in [3.05, 3.63) is 65.6 Å². The molecule has 1 aromatic carbocycles. The fraction of sp³-hybridized carbons (Fsp3) is 0.167. The third-order valence-electron chi connectivity index (χ3n) is 3.69. The average molecular weight is 322 g/mol. The van der Waals surface area contributed by atoms with E-state index in [0.717, 1.165) is 5.69 Å². The Hall–Kier alpha value is -3.15. The maximum absolute atomic E-state index is 12.5. The minimum atomic E-state index is -0.187. The molecule has 0 atom stereocenters. The summed E-state index contributed by atoms with van der Waals surface area (Å²) in [6.45, 7) is 3.69. The Morgan fingerprint density at radius 3 is 2.67 bits per heavy atom. The van der Waals surface area contributed by atoms with Crippen LogP contribution in [0.4, 0.5) is 5.69 Å². The van der Waals surface area contributed by atoms with Crippen LogP contribution in [0.5, 0.6) is 11.6 Å². The topological polar surface area (TPSA) is 69.0 Å². The molecular weight excluding hydrogens is 304 g/mol. The molecule has 0 aliphatic rings. The van der Waals surface area contributed by atoms with Gasteiger partial charge in [-0.25, -0.2) is 4.98 Å². The van der Waals surface area contributed by atoms with Crippen molar-refractivity contribution in [1.29, 1.82) is 0 Å². The average Bonchev–Trinajstić information content (AvgIpc) is 2.81. The Bertz CT molecular complexity index is 872. The standard InChI is InChI=1S/C18H18N4O2/c1-12-17(13(2)22(3)21-12)18(23)20-14-7-6-8-15(11-14)24-16-9-4-5-10-19-16/h4-11H,1-3H3,(H,20,23). The first-order chi connectivity index (χ1) is 11.5. The van der Waals surface area contributed by atoms with Gasteiger partial charge in [-0.3, -0.25) is 9.48 Å². The molecule has 2 heterocycles. The Kier molecular flexibility index (Phi) is 4.29. The van der Waals surface area contributed by atoms with Crippen molar-refractivity contribution in [2.24, 2.45) is 7.05 Å². The fourth-order valence-corrected chi connectivity index (χ4v) is 2.46. The minimum Gasteiger partial charge on any atom is -0.439 e. The second-order valence-corrected chi connectivity index (χ2v) is 5.42. The van der Waals surface area contributed by atoms with E-state index in [1.54, 1.807) is 23.0 Å². The van der Waals surface area contributed by atoms with Crippen molar-refractivity contribution in [2.45, 2.75) is 13.8 Å². The summed E-state index contributed by atoms with van der Waals surface area (Å²) < 4.78 is 7.38. The van der Waals surface area contributed by atoms with Gasteiger partial charge < -0.3 is 10.1 Å². The number of nitrogens with one attached hydrogen (secondary N) is 1. The lowest BCUT2D eigenvalue weighted by Gasteiger charge is -2.08. The van der Waals surface area contributed by atoms with Gasteiger partial charge in [0.15, 0.2) is 0 Å². The molecule has 24 heavy (non-hydrogen) atoms. The highest BCUT2D eigenvalue weighted by Gasteiger charge is 2.17. The molecule has 0 aliphatic carbocycles. The second kappa shape index (κ2) is 6.54. The maximum Gasteiger partial charge on any atom is 0.259 e. The highest BCUT2D eigenvalue weighted by atomic mass is 16.5. The Balaban J connectivity index is 1.78. The summed E-state index contributed by atoms with van der Waals surface area (Å²) in [4.78, 5) is 16.6. The molecule has 1 amide bonds. The maximum atomic E-state index is 12.5. The zero-order valence-electron chi connectivity index (χ0n) is 13.8. The highest BCUT2D eigenvalue weighted by molar-refractivity contribution is 6.05. The number of rotatable bonds is 4. The third kappa shape index (κ3) is 3.27. The molecule has 0 radical (unpaired) electrons. The number of aromatic nitrogens is 3. The molecule has 0 aliphatic heterocycles. The molecule has 0 spiro atoms. The van der Waals surface area contributed by atoms with Crippen molar-refractivity contribution in [2.75, 3.05) is 5.32 Å². The molecule has 6 nitrogen and oxygen atoms in total. The first kappa shape index (κ1) is 15.7. The molecule has 0 saturated carbocycles. The number of hydrogen-bond donors (Lipinski definition) is 1. The number of nitrogens with zero attached hydrogens (tertiary/aromatic N) is 3. The summed E-state index contributed by atoms with van der Waals surface area (Å²) in [5, 5.41) is 7.16. The summed E-state index contributed by atoms with van der Waals surface area (Å²) in [6.07, 6.45) is 1.66. The predicted molar refractivity (Wildman–Crippen MR) is 91.4 cm³/mol. The summed E-state index contributed by atoms with van der Waals surface area (Å²) in [7, 11) is 1.82.